The van der Waals surface area contributed by atoms with Crippen molar-refractivity contribution < 1.29 is 99.3 Å². The number of halogens is 15. The van der Waals surface area contributed by atoms with Crippen molar-refractivity contribution >= 4 is 86.2 Å². The number of benzene rings is 1. The molecule has 1 aliphatic rings. The van der Waals surface area contributed by atoms with Crippen molar-refractivity contribution in [3.8, 4) is 52.9 Å². The molecule has 12 heterocycles. The Hall–Kier alpha value is -10.8. The highest BCUT2D eigenvalue weighted by Crippen LogP contribution is 2.40. The zero-order valence-corrected chi connectivity index (χ0v) is 69.5. The molecule has 11 aromatic heterocycles. The number of morpholine rings is 1. The van der Waals surface area contributed by atoms with Crippen LogP contribution in [0.25, 0.3) is 52.9 Å². The Labute approximate surface area is 700 Å². The highest BCUT2D eigenvalue weighted by Gasteiger charge is 2.40. The predicted molar refractivity (Wildman–Crippen MR) is 425 cm³/mol. The van der Waals surface area contributed by atoms with Gasteiger partial charge in [0.05, 0.1) is 74.9 Å². The number of carbonyl (C=O) groups is 5. The Balaban J connectivity index is 0.000000172. The molecule has 25 nitrogen and oxygen atoms in total. The SMILES string of the molecule is CCC(C)CNC(=O)c1ccc(-c2cc(C(F)(F)F)n(C)n2)s1.COCCNC(=O)c1ccc(-c2cc(C(F)(F)F)n(C)n2)s1.Cn1nc(-c2ccc(C(=O)NCCN3CCOCC3)s2)cc1C(F)(F)F.Cn1nc(-c2ccc(C(=O)NCCc3cnc[nH]3)s2)cc1C(F)(F)F.Cn1nc(-c2ccc(C(=O)NCc3ccccc3)s2)cc1C(F)(F)F. The first kappa shape index (κ1) is 94.0. The maximum Gasteiger partial charge on any atom is 0.433 e. The largest absolute Gasteiger partial charge is 0.433 e. The Morgan fingerprint density at radius 1 is 0.455 bits per heavy atom. The quantitative estimate of drug-likeness (QED) is 0.0242. The van der Waals surface area contributed by atoms with Crippen molar-refractivity contribution in [1.82, 2.24) is 90.4 Å². The average Bonchev–Trinajstić information content (AvgIpc) is 1.68. The number of aryl methyl sites for hydroxylation is 5. The van der Waals surface area contributed by atoms with Crippen LogP contribution >= 0.6 is 56.7 Å². The number of H-pyrrole nitrogens is 1. The third kappa shape index (κ3) is 26.8. The van der Waals surface area contributed by atoms with Gasteiger partial charge >= 0.3 is 30.9 Å². The van der Waals surface area contributed by atoms with E-state index in [1.165, 1.54) is 42.3 Å². The van der Waals surface area contributed by atoms with Crippen LogP contribution in [0, 0.1) is 5.92 Å². The molecule has 1 saturated heterocycles. The van der Waals surface area contributed by atoms with E-state index in [0.717, 1.165) is 148 Å². The number of nitrogens with zero attached hydrogens (tertiary/aromatic N) is 12. The summed E-state index contributed by atoms with van der Waals surface area (Å²) in [5.41, 5.74) is -1.26. The summed E-state index contributed by atoms with van der Waals surface area (Å²) < 4.78 is 206. The van der Waals surface area contributed by atoms with Gasteiger partial charge in [-0.3, -0.25) is 52.3 Å². The molecule has 0 spiro atoms. The number of ether oxygens (including phenoxy) is 2. The zero-order valence-electron chi connectivity index (χ0n) is 65.4. The van der Waals surface area contributed by atoms with E-state index in [1.54, 1.807) is 73.2 Å². The zero-order chi connectivity index (χ0) is 88.3. The molecule has 6 N–H and O–H groups in total. The monoisotopic (exact) mass is 1800 g/mol. The molecule has 1 unspecified atom stereocenters. The van der Waals surface area contributed by atoms with Gasteiger partial charge in [-0.1, -0.05) is 50.6 Å². The number of hydrogen-bond donors (Lipinski definition) is 6. The second-order valence-electron chi connectivity index (χ2n) is 26.4. The molecule has 5 amide bonds. The van der Waals surface area contributed by atoms with Crippen molar-refractivity contribution in [2.45, 2.75) is 64.1 Å². The van der Waals surface area contributed by atoms with Crippen LogP contribution in [0.2, 0.25) is 0 Å². The molecule has 0 saturated carbocycles. The summed E-state index contributed by atoms with van der Waals surface area (Å²) in [6.07, 6.45) is -17.5. The van der Waals surface area contributed by atoms with Crippen LogP contribution in [-0.2, 0) is 88.6 Å². The highest BCUT2D eigenvalue weighted by atomic mass is 32.1. The van der Waals surface area contributed by atoms with Crippen molar-refractivity contribution in [2.75, 3.05) is 72.7 Å². The van der Waals surface area contributed by atoms with E-state index in [2.05, 4.69) is 66.9 Å². The van der Waals surface area contributed by atoms with Crippen LogP contribution in [0.15, 0.2) is 134 Å². The lowest BCUT2D eigenvalue weighted by Crippen LogP contribution is -2.41. The third-order valence-electron chi connectivity index (χ3n) is 17.5. The van der Waals surface area contributed by atoms with Gasteiger partial charge in [0.25, 0.3) is 29.5 Å². The lowest BCUT2D eigenvalue weighted by molar-refractivity contribution is -0.144. The molecule has 12 aromatic rings. The Morgan fingerprint density at radius 3 is 1.08 bits per heavy atom. The molecule has 0 radical (unpaired) electrons. The molecule has 1 atom stereocenters. The first-order valence-corrected chi connectivity index (χ1v) is 40.4. The van der Waals surface area contributed by atoms with E-state index in [4.69, 9.17) is 9.47 Å². The van der Waals surface area contributed by atoms with Crippen molar-refractivity contribution in [3.05, 3.63) is 198 Å². The summed E-state index contributed by atoms with van der Waals surface area (Å²) in [5, 5.41) is 33.3. The van der Waals surface area contributed by atoms with E-state index in [1.807, 2.05) is 44.2 Å². The summed E-state index contributed by atoms with van der Waals surface area (Å²) in [6, 6.07) is 30.3. The van der Waals surface area contributed by atoms with E-state index in [0.29, 0.717) is 114 Å². The number of alkyl halides is 15. The van der Waals surface area contributed by atoms with Gasteiger partial charge in [-0.25, -0.2) is 4.98 Å². The maximum absolute atomic E-state index is 12.9. The summed E-state index contributed by atoms with van der Waals surface area (Å²) in [4.78, 5) is 74.1. The summed E-state index contributed by atoms with van der Waals surface area (Å²) in [5.74, 6) is -0.909. The van der Waals surface area contributed by atoms with Crippen LogP contribution in [0.3, 0.4) is 0 Å². The number of amides is 5. The lowest BCUT2D eigenvalue weighted by atomic mass is 10.1. The maximum atomic E-state index is 12.9. The number of aromatic amines is 1. The number of rotatable bonds is 24. The van der Waals surface area contributed by atoms with Gasteiger partial charge in [0.2, 0.25) is 0 Å². The number of carbonyl (C=O) groups excluding carboxylic acids is 5. The number of imidazole rings is 1. The van der Waals surface area contributed by atoms with Crippen molar-refractivity contribution in [2.24, 2.45) is 41.2 Å². The fraction of sp³-hybridized carbons (Fsp3) is 0.355. The van der Waals surface area contributed by atoms with Crippen molar-refractivity contribution in [3.63, 3.8) is 0 Å². The van der Waals surface area contributed by atoms with Crippen LogP contribution in [0.1, 0.15) is 108 Å². The van der Waals surface area contributed by atoms with E-state index in [9.17, 15) is 89.8 Å². The molecule has 1 aliphatic heterocycles. The predicted octanol–water partition coefficient (Wildman–Crippen LogP) is 15.7. The molecular formula is C76H79F15N18O7S5. The molecule has 1 fully saturated rings. The lowest BCUT2D eigenvalue weighted by Gasteiger charge is -2.26. The number of nitrogens with one attached hydrogen (secondary N) is 6. The third-order valence-corrected chi connectivity index (χ3v) is 23.0. The number of aromatic nitrogens is 12. The normalized spacial score (nSPS) is 12.9. The smallest absolute Gasteiger partial charge is 0.383 e. The topological polar surface area (TPSA) is 285 Å². The van der Waals surface area contributed by atoms with Gasteiger partial charge in [-0.15, -0.1) is 56.7 Å². The van der Waals surface area contributed by atoms with Gasteiger partial charge < -0.3 is 41.0 Å². The molecule has 0 aliphatic carbocycles. The summed E-state index contributed by atoms with van der Waals surface area (Å²) >= 11 is 5.55. The number of methoxy groups -OCH3 is 1. The van der Waals surface area contributed by atoms with Gasteiger partial charge in [0.1, 0.15) is 56.9 Å². The van der Waals surface area contributed by atoms with Gasteiger partial charge in [-0.2, -0.15) is 91.3 Å². The molecular weight excluding hydrogens is 1720 g/mol. The molecule has 13 rings (SSSR count). The Kier molecular flexibility index (Phi) is 32.3. The minimum Gasteiger partial charge on any atom is -0.383 e. The Bertz CT molecular complexity index is 5390. The van der Waals surface area contributed by atoms with Crippen molar-refractivity contribution in [1.29, 1.82) is 0 Å². The highest BCUT2D eigenvalue weighted by molar-refractivity contribution is 7.18. The molecule has 0 bridgehead atoms. The van der Waals surface area contributed by atoms with Gasteiger partial charge in [0.15, 0.2) is 0 Å². The first-order valence-electron chi connectivity index (χ1n) is 36.4. The number of hydrogen-bond acceptors (Lipinski definition) is 19. The van der Waals surface area contributed by atoms with Crippen LogP contribution < -0.4 is 26.6 Å². The fourth-order valence-corrected chi connectivity index (χ4v) is 15.4. The number of thiophene rings is 5. The Morgan fingerprint density at radius 2 is 0.777 bits per heavy atom. The van der Waals surface area contributed by atoms with Crippen LogP contribution in [0.4, 0.5) is 65.9 Å². The van der Waals surface area contributed by atoms with Crippen LogP contribution in [0.5, 0.6) is 0 Å². The fourth-order valence-electron chi connectivity index (χ4n) is 11.0. The minimum atomic E-state index is -4.47. The molecule has 1 aromatic carbocycles. The molecule has 121 heavy (non-hydrogen) atoms. The standard InChI is InChI=1S/C17H14F3N3OS.C16H19F3N4O2S.C15H14F3N5OS.C15H18F3N3OS.C13H14F3N3O2S/c1-23-15(17(18,19)20)9-12(22-23)13-7-8-14(25-13)16(24)21-10-11-5-3-2-4-6-11;1-22-14(16(17,18)19)10-11(21-22)12-2-3-13(26-12)15(24)20-4-5-23-6-8-25-9-7-23;1-23-13(15(16,17)18)6-10(22-23)11-2-3-12(25-11)14(24)20-5-4-9-7-19-8-21-9;1-4-9(2)8-19-14(22)12-6-5-11(23-12)10-7-13(15(16,17)18)21(3)20-10;1-19-11(13(14,15)16)7-8(18-19)9-3-4-10(22-9)12(20)17-5-6-21-2/h2-9H,10H2,1H3,(H,21,24);2-3,10H,4-9H2,1H3,(H,20,24);2-3,6-8H,4-5H2,1H3,(H,19,21)(H,20,24);5-7,9H,4,8H2,1-3H3,(H,19,22);3-4,7H,5-6H2,1-2H3,(H,17,20). The first-order chi connectivity index (χ1) is 57.1. The van der Waals surface area contributed by atoms with Crippen LogP contribution in [-0.4, -0.2) is 166 Å². The van der Waals surface area contributed by atoms with Gasteiger partial charge in [-0.05, 0) is 102 Å². The second-order valence-corrected chi connectivity index (χ2v) is 31.9. The van der Waals surface area contributed by atoms with E-state index >= 15 is 0 Å². The molecule has 45 heteroatoms. The summed E-state index contributed by atoms with van der Waals surface area (Å²) in [6.45, 7) is 10.6. The molecule has 650 valence electrons. The average molecular weight is 1800 g/mol. The van der Waals surface area contributed by atoms with Gasteiger partial charge in [0, 0.05) is 113 Å². The second kappa shape index (κ2) is 41.6. The summed E-state index contributed by atoms with van der Waals surface area (Å²) in [7, 11) is 7.74. The van der Waals surface area contributed by atoms with E-state index < -0.39 is 59.4 Å². The van der Waals surface area contributed by atoms with E-state index in [-0.39, 0.29) is 58.0 Å². The minimum absolute atomic E-state index is 0.191.